The molecule has 1 aliphatic rings. The van der Waals surface area contributed by atoms with Crippen molar-refractivity contribution in [3.8, 4) is 0 Å². The smallest absolute Gasteiger partial charge is 0.310 e. The zero-order valence-electron chi connectivity index (χ0n) is 16.9. The van der Waals surface area contributed by atoms with Crippen LogP contribution < -0.4 is 5.32 Å². The van der Waals surface area contributed by atoms with Crippen LogP contribution in [0.15, 0.2) is 29.3 Å². The molecule has 1 aromatic carbocycles. The lowest BCUT2D eigenvalue weighted by molar-refractivity contribution is -0.145. The van der Waals surface area contributed by atoms with Crippen LogP contribution in [0.2, 0.25) is 0 Å². The topological polar surface area (TPSA) is 74.2 Å². The molecule has 2 atom stereocenters. The van der Waals surface area contributed by atoms with Crippen LogP contribution in [0.4, 0.5) is 0 Å². The summed E-state index contributed by atoms with van der Waals surface area (Å²) in [5.74, 6) is 0.706. The minimum absolute atomic E-state index is 0.0155. The van der Waals surface area contributed by atoms with Crippen LogP contribution in [0.3, 0.4) is 0 Å². The van der Waals surface area contributed by atoms with Crippen LogP contribution in [0, 0.1) is 11.8 Å². The van der Waals surface area contributed by atoms with Crippen molar-refractivity contribution < 1.29 is 14.3 Å². The Labute approximate surface area is 161 Å². The van der Waals surface area contributed by atoms with E-state index in [1.165, 1.54) is 7.11 Å². The number of guanidine groups is 1. The Morgan fingerprint density at radius 3 is 2.48 bits per heavy atom. The second-order valence-electron chi connectivity index (χ2n) is 7.08. The Balaban J connectivity index is 2.07. The molecule has 0 saturated carbocycles. The van der Waals surface area contributed by atoms with Crippen LogP contribution in [-0.4, -0.2) is 68.5 Å². The molecule has 1 saturated heterocycles. The van der Waals surface area contributed by atoms with E-state index >= 15 is 0 Å². The number of hydrogen-bond donors (Lipinski definition) is 1. The maximum Gasteiger partial charge on any atom is 0.310 e. The quantitative estimate of drug-likeness (QED) is 0.481. The second-order valence-corrected chi connectivity index (χ2v) is 7.08. The van der Waals surface area contributed by atoms with E-state index in [0.717, 1.165) is 24.6 Å². The predicted molar refractivity (Wildman–Crippen MR) is 106 cm³/mol. The van der Waals surface area contributed by atoms with Gasteiger partial charge in [0.1, 0.15) is 0 Å². The Kier molecular flexibility index (Phi) is 7.21. The number of ether oxygens (including phenoxy) is 1. The van der Waals surface area contributed by atoms with Gasteiger partial charge in [-0.05, 0) is 30.5 Å². The third-order valence-electron chi connectivity index (χ3n) is 4.77. The number of likely N-dealkylation sites (tertiary alicyclic amines) is 1. The molecule has 148 valence electrons. The molecule has 0 spiro atoms. The number of nitrogens with zero attached hydrogens (tertiary/aromatic N) is 3. The maximum absolute atomic E-state index is 12.0. The van der Waals surface area contributed by atoms with Crippen LogP contribution >= 0.6 is 0 Å². The highest BCUT2D eigenvalue weighted by atomic mass is 16.5. The van der Waals surface area contributed by atoms with Crippen molar-refractivity contribution in [2.45, 2.75) is 20.4 Å². The summed E-state index contributed by atoms with van der Waals surface area (Å²) in [6, 6.07) is 7.50. The fraction of sp³-hybridized carbons (Fsp3) is 0.550. The van der Waals surface area contributed by atoms with Gasteiger partial charge in [-0.25, -0.2) is 4.99 Å². The minimum atomic E-state index is -0.165. The summed E-state index contributed by atoms with van der Waals surface area (Å²) in [6.07, 6.45) is 0. The highest BCUT2D eigenvalue weighted by molar-refractivity contribution is 5.93. The third kappa shape index (κ3) is 5.21. The molecule has 1 amide bonds. The van der Waals surface area contributed by atoms with Gasteiger partial charge in [0, 0.05) is 39.3 Å². The average molecular weight is 374 g/mol. The van der Waals surface area contributed by atoms with Crippen LogP contribution in [-0.2, 0) is 16.1 Å². The van der Waals surface area contributed by atoms with Crippen molar-refractivity contribution in [2.75, 3.05) is 40.8 Å². The van der Waals surface area contributed by atoms with E-state index in [9.17, 15) is 9.59 Å². The summed E-state index contributed by atoms with van der Waals surface area (Å²) >= 11 is 0. The fourth-order valence-electron chi connectivity index (χ4n) is 3.20. The van der Waals surface area contributed by atoms with Crippen molar-refractivity contribution in [1.82, 2.24) is 15.1 Å². The lowest BCUT2D eigenvalue weighted by Crippen LogP contribution is -2.40. The van der Waals surface area contributed by atoms with Crippen molar-refractivity contribution in [3.63, 3.8) is 0 Å². The summed E-state index contributed by atoms with van der Waals surface area (Å²) in [4.78, 5) is 32.3. The molecule has 1 heterocycles. The van der Waals surface area contributed by atoms with Gasteiger partial charge in [0.2, 0.25) is 0 Å². The number of aliphatic imine (C=N–C) groups is 1. The molecular formula is C20H30N4O3. The van der Waals surface area contributed by atoms with Crippen molar-refractivity contribution in [3.05, 3.63) is 35.4 Å². The van der Waals surface area contributed by atoms with Crippen molar-refractivity contribution in [1.29, 1.82) is 0 Å². The summed E-state index contributed by atoms with van der Waals surface area (Å²) in [6.45, 7) is 6.72. The lowest BCUT2D eigenvalue weighted by atomic mass is 9.99. The first-order valence-corrected chi connectivity index (χ1v) is 9.29. The Bertz CT molecular complexity index is 685. The summed E-state index contributed by atoms with van der Waals surface area (Å²) in [5, 5.41) is 3.30. The highest BCUT2D eigenvalue weighted by Crippen LogP contribution is 2.24. The van der Waals surface area contributed by atoms with Gasteiger partial charge in [-0.1, -0.05) is 19.1 Å². The first-order chi connectivity index (χ1) is 12.9. The van der Waals surface area contributed by atoms with Gasteiger partial charge >= 0.3 is 5.97 Å². The standard InChI is InChI=1S/C20H30N4O3/c1-6-21-20(24-12-14(2)17(13-24)19(26)27-5)22-11-15-7-9-16(10-8-15)18(25)23(3)4/h7-10,14,17H,6,11-13H2,1-5H3,(H,21,22). The van der Waals surface area contributed by atoms with E-state index < -0.39 is 0 Å². The zero-order chi connectivity index (χ0) is 20.0. The normalized spacial score (nSPS) is 19.7. The molecule has 0 bridgehead atoms. The third-order valence-corrected chi connectivity index (χ3v) is 4.77. The molecule has 1 fully saturated rings. The molecule has 0 aliphatic carbocycles. The average Bonchev–Trinajstić information content (AvgIpc) is 3.05. The first-order valence-electron chi connectivity index (χ1n) is 9.29. The first kappa shape index (κ1) is 20.7. The predicted octanol–water partition coefficient (Wildman–Crippen LogP) is 1.59. The molecular weight excluding hydrogens is 344 g/mol. The minimum Gasteiger partial charge on any atom is -0.469 e. The molecule has 7 nitrogen and oxygen atoms in total. The van der Waals surface area contributed by atoms with E-state index in [1.54, 1.807) is 19.0 Å². The Morgan fingerprint density at radius 1 is 1.26 bits per heavy atom. The summed E-state index contributed by atoms with van der Waals surface area (Å²) in [5.41, 5.74) is 1.69. The van der Waals surface area contributed by atoms with Gasteiger partial charge in [-0.2, -0.15) is 0 Å². The van der Waals surface area contributed by atoms with Crippen LogP contribution in [0.5, 0.6) is 0 Å². The molecule has 0 radical (unpaired) electrons. The monoisotopic (exact) mass is 374 g/mol. The molecule has 1 aromatic rings. The van der Waals surface area contributed by atoms with Gasteiger partial charge in [-0.3, -0.25) is 9.59 Å². The molecule has 2 rings (SSSR count). The summed E-state index contributed by atoms with van der Waals surface area (Å²) < 4.78 is 4.91. The number of amides is 1. The number of carbonyl (C=O) groups is 2. The lowest BCUT2D eigenvalue weighted by Gasteiger charge is -2.21. The van der Waals surface area contributed by atoms with E-state index in [4.69, 9.17) is 9.73 Å². The molecule has 0 aromatic heterocycles. The summed E-state index contributed by atoms with van der Waals surface area (Å²) in [7, 11) is 4.91. The number of nitrogens with one attached hydrogen (secondary N) is 1. The SMILES string of the molecule is CCNC(=NCc1ccc(C(=O)N(C)C)cc1)N1CC(C)C(C(=O)OC)C1. The highest BCUT2D eigenvalue weighted by Gasteiger charge is 2.36. The van der Waals surface area contributed by atoms with Gasteiger partial charge in [-0.15, -0.1) is 0 Å². The molecule has 1 aliphatic heterocycles. The molecule has 2 unspecified atom stereocenters. The van der Waals surface area contributed by atoms with Crippen molar-refractivity contribution in [2.24, 2.45) is 16.8 Å². The van der Waals surface area contributed by atoms with Gasteiger partial charge in [0.25, 0.3) is 5.91 Å². The molecule has 7 heteroatoms. The Morgan fingerprint density at radius 2 is 1.93 bits per heavy atom. The molecule has 1 N–H and O–H groups in total. The van der Waals surface area contributed by atoms with Gasteiger partial charge in [0.05, 0.1) is 19.6 Å². The second kappa shape index (κ2) is 9.39. The number of hydrogen-bond acceptors (Lipinski definition) is 4. The van der Waals surface area contributed by atoms with E-state index in [0.29, 0.717) is 18.7 Å². The van der Waals surface area contributed by atoms with E-state index in [-0.39, 0.29) is 23.7 Å². The van der Waals surface area contributed by atoms with Gasteiger partial charge in [0.15, 0.2) is 5.96 Å². The maximum atomic E-state index is 12.0. The van der Waals surface area contributed by atoms with Crippen LogP contribution in [0.25, 0.3) is 0 Å². The number of carbonyl (C=O) groups excluding carboxylic acids is 2. The largest absolute Gasteiger partial charge is 0.469 e. The number of benzene rings is 1. The number of rotatable bonds is 5. The fourth-order valence-corrected chi connectivity index (χ4v) is 3.20. The zero-order valence-corrected chi connectivity index (χ0v) is 16.9. The van der Waals surface area contributed by atoms with E-state index in [2.05, 4.69) is 17.1 Å². The van der Waals surface area contributed by atoms with E-state index in [1.807, 2.05) is 31.2 Å². The van der Waals surface area contributed by atoms with Crippen molar-refractivity contribution >= 4 is 17.8 Å². The van der Waals surface area contributed by atoms with Gasteiger partial charge < -0.3 is 19.9 Å². The molecule has 27 heavy (non-hydrogen) atoms. The van der Waals surface area contributed by atoms with Crippen LogP contribution in [0.1, 0.15) is 29.8 Å². The number of esters is 1. The Hall–Kier alpha value is -2.57. The number of methoxy groups -OCH3 is 1.